The highest BCUT2D eigenvalue weighted by Crippen LogP contribution is 2.41. The summed E-state index contributed by atoms with van der Waals surface area (Å²) in [7, 11) is 0. The number of ether oxygens (including phenoxy) is 1. The van der Waals surface area contributed by atoms with Crippen LogP contribution < -0.4 is 10.6 Å². The fourth-order valence-electron chi connectivity index (χ4n) is 4.73. The van der Waals surface area contributed by atoms with Crippen molar-refractivity contribution in [2.75, 3.05) is 13.2 Å². The normalized spacial score (nSPS) is 33.2. The molecule has 4 heterocycles. The third-order valence-electron chi connectivity index (χ3n) is 5.93. The van der Waals surface area contributed by atoms with Gasteiger partial charge >= 0.3 is 0 Å². The van der Waals surface area contributed by atoms with E-state index in [2.05, 4.69) is 27.8 Å². The van der Waals surface area contributed by atoms with Gasteiger partial charge in [-0.25, -0.2) is 4.98 Å². The molecule has 0 saturated heterocycles. The Bertz CT molecular complexity index is 996. The molecule has 1 aromatic rings. The van der Waals surface area contributed by atoms with Gasteiger partial charge in [0, 0.05) is 5.57 Å². The Morgan fingerprint density at radius 2 is 1.96 bits per heavy atom. The fourth-order valence-corrected chi connectivity index (χ4v) is 4.73. The molecule has 3 aliphatic heterocycles. The smallest absolute Gasteiger partial charge is 0.225 e. The number of aliphatic imine (C=N–C) groups is 2. The van der Waals surface area contributed by atoms with Gasteiger partial charge in [-0.05, 0) is 43.6 Å². The van der Waals surface area contributed by atoms with Crippen LogP contribution in [0.25, 0.3) is 11.6 Å². The van der Waals surface area contributed by atoms with Gasteiger partial charge in [0.2, 0.25) is 5.89 Å². The lowest BCUT2D eigenvalue weighted by atomic mass is 9.83. The van der Waals surface area contributed by atoms with Crippen molar-refractivity contribution in [3.63, 3.8) is 0 Å². The summed E-state index contributed by atoms with van der Waals surface area (Å²) in [4.78, 5) is 14.3. The van der Waals surface area contributed by atoms with Crippen LogP contribution in [0, 0.1) is 0 Å². The van der Waals surface area contributed by atoms with Gasteiger partial charge in [-0.2, -0.15) is 0 Å². The highest BCUT2D eigenvalue weighted by molar-refractivity contribution is 5.88. The van der Waals surface area contributed by atoms with Crippen LogP contribution in [0.4, 0.5) is 0 Å². The van der Waals surface area contributed by atoms with Crippen LogP contribution in [-0.4, -0.2) is 48.0 Å². The molecule has 2 N–H and O–H groups in total. The molecule has 0 radical (unpaired) electrons. The van der Waals surface area contributed by atoms with Gasteiger partial charge < -0.3 is 19.8 Å². The maximum atomic E-state index is 6.30. The minimum Gasteiger partial charge on any atom is -0.438 e. The lowest BCUT2D eigenvalue weighted by molar-refractivity contribution is 0.146. The Kier molecular flexibility index (Phi) is 3.09. The highest BCUT2D eigenvalue weighted by atomic mass is 16.5. The molecule has 0 saturated carbocycles. The largest absolute Gasteiger partial charge is 0.438 e. The number of rotatable bonds is 1. The van der Waals surface area contributed by atoms with Crippen molar-refractivity contribution < 1.29 is 9.15 Å². The second-order valence-corrected chi connectivity index (χ2v) is 7.69. The molecule has 27 heavy (non-hydrogen) atoms. The Hall–Kier alpha value is -2.67. The molecule has 5 aliphatic rings. The molecule has 0 amide bonds. The predicted molar refractivity (Wildman–Crippen MR) is 103 cm³/mol. The average molecular weight is 363 g/mol. The number of nitrogens with zero attached hydrogens (tertiary/aromatic N) is 3. The first kappa shape index (κ1) is 15.4. The monoisotopic (exact) mass is 363 g/mol. The van der Waals surface area contributed by atoms with Gasteiger partial charge in [-0.15, -0.1) is 0 Å². The van der Waals surface area contributed by atoms with Gasteiger partial charge in [0.05, 0.1) is 43.0 Å². The van der Waals surface area contributed by atoms with Gasteiger partial charge in [-0.1, -0.05) is 6.08 Å². The van der Waals surface area contributed by atoms with E-state index in [-0.39, 0.29) is 24.2 Å². The van der Waals surface area contributed by atoms with Gasteiger partial charge in [0.25, 0.3) is 0 Å². The van der Waals surface area contributed by atoms with E-state index < -0.39 is 0 Å². The van der Waals surface area contributed by atoms with Crippen molar-refractivity contribution in [2.24, 2.45) is 9.98 Å². The zero-order valence-corrected chi connectivity index (χ0v) is 15.3. The highest BCUT2D eigenvalue weighted by Gasteiger charge is 2.41. The quantitative estimate of drug-likeness (QED) is 0.797. The van der Waals surface area contributed by atoms with E-state index in [0.29, 0.717) is 12.5 Å². The lowest BCUT2D eigenvalue weighted by Gasteiger charge is -2.31. The Labute approximate surface area is 157 Å². The molecule has 0 bridgehead atoms. The van der Waals surface area contributed by atoms with Crippen LogP contribution in [0.15, 0.2) is 37.7 Å². The topological polar surface area (TPSA) is 84.0 Å². The third-order valence-corrected chi connectivity index (χ3v) is 5.93. The number of oxazole rings is 1. The van der Waals surface area contributed by atoms with Crippen molar-refractivity contribution in [1.82, 2.24) is 15.6 Å². The molecule has 4 atom stereocenters. The molecule has 0 aromatic carbocycles. The van der Waals surface area contributed by atoms with Crippen LogP contribution in [0.3, 0.4) is 0 Å². The first-order valence-corrected chi connectivity index (χ1v) is 9.50. The summed E-state index contributed by atoms with van der Waals surface area (Å²) in [6.07, 6.45) is 7.28. The van der Waals surface area contributed by atoms with E-state index >= 15 is 0 Å². The van der Waals surface area contributed by atoms with Gasteiger partial charge in [0.15, 0.2) is 5.76 Å². The number of nitrogens with one attached hydrogen (secondary N) is 2. The molecular formula is C20H21N5O2. The summed E-state index contributed by atoms with van der Waals surface area (Å²) in [6, 6.07) is 0.314. The zero-order valence-electron chi connectivity index (χ0n) is 15.3. The summed E-state index contributed by atoms with van der Waals surface area (Å²) in [5.41, 5.74) is 4.53. The third kappa shape index (κ3) is 2.21. The number of hydrogen-bond acceptors (Lipinski definition) is 7. The minimum absolute atomic E-state index is 0.0337. The molecule has 0 fully saturated rings. The molecule has 7 heteroatoms. The second kappa shape index (κ2) is 5.42. The number of fused-ring (bicyclic) bond motifs is 5. The molecule has 4 unspecified atom stereocenters. The molecule has 1 aromatic heterocycles. The summed E-state index contributed by atoms with van der Waals surface area (Å²) in [5, 5.41) is 6.89. The Morgan fingerprint density at radius 1 is 1.11 bits per heavy atom. The average Bonchev–Trinajstić information content (AvgIpc) is 3.35. The van der Waals surface area contributed by atoms with Crippen LogP contribution in [-0.2, 0) is 4.74 Å². The molecule has 7 nitrogen and oxygen atoms in total. The van der Waals surface area contributed by atoms with Gasteiger partial charge in [0.1, 0.15) is 11.7 Å². The van der Waals surface area contributed by atoms with Crippen LogP contribution in [0.2, 0.25) is 0 Å². The summed E-state index contributed by atoms with van der Waals surface area (Å²) in [6.45, 7) is 5.41. The van der Waals surface area contributed by atoms with Gasteiger partial charge in [-0.3, -0.25) is 9.98 Å². The maximum Gasteiger partial charge on any atom is 0.225 e. The predicted octanol–water partition coefficient (Wildman–Crippen LogP) is 2.01. The van der Waals surface area contributed by atoms with Crippen molar-refractivity contribution in [3.05, 3.63) is 40.6 Å². The zero-order chi connectivity index (χ0) is 18.1. The Balaban J connectivity index is 1.45. The Morgan fingerprint density at radius 3 is 2.89 bits per heavy atom. The van der Waals surface area contributed by atoms with Crippen LogP contribution in [0.1, 0.15) is 43.7 Å². The van der Waals surface area contributed by atoms with E-state index in [4.69, 9.17) is 19.1 Å². The summed E-state index contributed by atoms with van der Waals surface area (Å²) >= 11 is 0. The molecule has 0 spiro atoms. The van der Waals surface area contributed by atoms with E-state index in [9.17, 15) is 0 Å². The first-order valence-electron chi connectivity index (χ1n) is 9.50. The molecule has 138 valence electrons. The van der Waals surface area contributed by atoms with E-state index in [0.717, 1.165) is 41.7 Å². The van der Waals surface area contributed by atoms with Crippen LogP contribution >= 0.6 is 0 Å². The number of hydrogen-bond donors (Lipinski definition) is 2. The van der Waals surface area contributed by atoms with Crippen molar-refractivity contribution in [1.29, 1.82) is 0 Å². The summed E-state index contributed by atoms with van der Waals surface area (Å²) < 4.78 is 12.0. The number of aromatic nitrogens is 1. The summed E-state index contributed by atoms with van der Waals surface area (Å²) in [5.74, 6) is 3.41. The van der Waals surface area contributed by atoms with E-state index in [1.165, 1.54) is 11.1 Å². The van der Waals surface area contributed by atoms with E-state index in [1.807, 2.05) is 19.9 Å². The van der Waals surface area contributed by atoms with Crippen LogP contribution in [0.5, 0.6) is 0 Å². The second-order valence-electron chi connectivity index (χ2n) is 7.69. The van der Waals surface area contributed by atoms with Crippen molar-refractivity contribution in [2.45, 2.75) is 44.4 Å². The molecule has 6 rings (SSSR count). The molecular weight excluding hydrogens is 342 g/mol. The lowest BCUT2D eigenvalue weighted by Crippen LogP contribution is -2.39. The molecule has 2 aliphatic carbocycles. The van der Waals surface area contributed by atoms with Crippen molar-refractivity contribution in [3.8, 4) is 0 Å². The maximum absolute atomic E-state index is 6.30. The number of amidine groups is 2. The SMILES string of the molecule is CC1=NC2c3oc(C4=CC5=C(CCOC5)C5N=C(C)NC45)nc3C=CC2N1. The van der Waals surface area contributed by atoms with E-state index in [1.54, 1.807) is 0 Å². The minimum atomic E-state index is -0.0337. The standard InChI is InChI=1S/C20H21N5O2/c1-9-21-14-3-4-15-19(18(14)24-9)27-20(25-15)13-7-11-8-26-6-5-12(11)16-17(13)23-10(2)22-16/h3-4,7,14,16-18H,5-6,8H2,1-2H3,(H,21,24)(H,22,23). The van der Waals surface area contributed by atoms with Crippen molar-refractivity contribution >= 4 is 23.3 Å². The fraction of sp³-hybridized carbons (Fsp3) is 0.450. The first-order chi connectivity index (χ1) is 13.2.